The average Bonchev–Trinajstić information content (AvgIpc) is 1.95. The molecule has 13 heavy (non-hydrogen) atoms. The second-order valence-corrected chi connectivity index (χ2v) is 4.20. The molecule has 0 bridgehead atoms. The first-order valence-corrected chi connectivity index (χ1v) is 4.56. The van der Waals surface area contributed by atoms with Crippen LogP contribution in [0.4, 0.5) is 0 Å². The molecule has 0 saturated heterocycles. The van der Waals surface area contributed by atoms with Crippen molar-refractivity contribution in [3.05, 3.63) is 22.2 Å². The molecule has 1 aromatic carbocycles. The summed E-state index contributed by atoms with van der Waals surface area (Å²) in [5.41, 5.74) is -0.908. The Balaban J connectivity index is 3.43. The number of halogens is 1. The molecule has 0 radical (unpaired) electrons. The summed E-state index contributed by atoms with van der Waals surface area (Å²) in [6.45, 7) is 3.07. The van der Waals surface area contributed by atoms with Crippen LogP contribution in [0, 0.1) is 0 Å². The van der Waals surface area contributed by atoms with Crippen LogP contribution in [0.3, 0.4) is 0 Å². The highest BCUT2D eigenvalue weighted by atomic mass is 79.9. The molecule has 0 fully saturated rings. The molecule has 0 atom stereocenters. The van der Waals surface area contributed by atoms with Gasteiger partial charge in [-0.15, -0.1) is 0 Å². The van der Waals surface area contributed by atoms with Crippen LogP contribution < -0.4 is 0 Å². The maximum Gasteiger partial charge on any atom is 0.164 e. The molecule has 4 heteroatoms. The van der Waals surface area contributed by atoms with E-state index in [0.717, 1.165) is 0 Å². The molecule has 0 aliphatic carbocycles. The molecule has 0 saturated carbocycles. The second-order valence-electron chi connectivity index (χ2n) is 3.35. The van der Waals surface area contributed by atoms with Crippen LogP contribution in [0.1, 0.15) is 19.4 Å². The number of phenolic OH excluding ortho intramolecular Hbond substituents is 2. The van der Waals surface area contributed by atoms with Crippen LogP contribution in [0.2, 0.25) is 0 Å². The van der Waals surface area contributed by atoms with Crippen molar-refractivity contribution in [2.45, 2.75) is 19.4 Å². The first-order valence-electron chi connectivity index (χ1n) is 3.77. The van der Waals surface area contributed by atoms with Crippen molar-refractivity contribution in [2.24, 2.45) is 0 Å². The molecule has 0 aliphatic heterocycles. The molecule has 0 heterocycles. The van der Waals surface area contributed by atoms with Crippen LogP contribution >= 0.6 is 15.9 Å². The summed E-state index contributed by atoms with van der Waals surface area (Å²) in [6.07, 6.45) is 0. The van der Waals surface area contributed by atoms with E-state index >= 15 is 0 Å². The van der Waals surface area contributed by atoms with Gasteiger partial charge in [-0.3, -0.25) is 0 Å². The number of aliphatic hydroxyl groups is 1. The molecular weight excluding hydrogens is 236 g/mol. The standard InChI is InChI=1S/C9H11BrO3/c1-9(2,13)7-5(10)3-4-6(11)8(7)12/h3-4,11-13H,1-2H3. The summed E-state index contributed by atoms with van der Waals surface area (Å²) in [7, 11) is 0. The Morgan fingerprint density at radius 2 is 1.77 bits per heavy atom. The van der Waals surface area contributed by atoms with Crippen molar-refractivity contribution >= 4 is 15.9 Å². The molecule has 3 N–H and O–H groups in total. The zero-order chi connectivity index (χ0) is 10.2. The molecule has 0 unspecified atom stereocenters. The van der Waals surface area contributed by atoms with E-state index in [4.69, 9.17) is 0 Å². The first-order chi connectivity index (χ1) is 5.84. The van der Waals surface area contributed by atoms with Crippen LogP contribution in [-0.2, 0) is 5.60 Å². The number of benzene rings is 1. The second kappa shape index (κ2) is 3.20. The normalized spacial score (nSPS) is 11.7. The zero-order valence-electron chi connectivity index (χ0n) is 7.37. The lowest BCUT2D eigenvalue weighted by Gasteiger charge is -2.21. The van der Waals surface area contributed by atoms with Gasteiger partial charge in [0.2, 0.25) is 0 Å². The van der Waals surface area contributed by atoms with Crippen molar-refractivity contribution in [3.8, 4) is 11.5 Å². The Bertz CT molecular complexity index is 328. The van der Waals surface area contributed by atoms with Crippen LogP contribution in [0.25, 0.3) is 0 Å². The zero-order valence-corrected chi connectivity index (χ0v) is 8.96. The van der Waals surface area contributed by atoms with Gasteiger partial charge in [0.15, 0.2) is 11.5 Å². The Kier molecular flexibility index (Phi) is 2.54. The monoisotopic (exact) mass is 246 g/mol. The van der Waals surface area contributed by atoms with Crippen molar-refractivity contribution < 1.29 is 15.3 Å². The predicted molar refractivity (Wildman–Crippen MR) is 52.7 cm³/mol. The Morgan fingerprint density at radius 1 is 1.23 bits per heavy atom. The number of phenols is 2. The minimum atomic E-state index is -1.19. The minimum absolute atomic E-state index is 0.236. The van der Waals surface area contributed by atoms with Gasteiger partial charge in [0.25, 0.3) is 0 Å². The molecule has 0 amide bonds. The molecule has 0 aliphatic rings. The van der Waals surface area contributed by atoms with Crippen LogP contribution in [0.5, 0.6) is 11.5 Å². The lowest BCUT2D eigenvalue weighted by atomic mass is 9.97. The molecule has 0 aromatic heterocycles. The summed E-state index contributed by atoms with van der Waals surface area (Å²) in [4.78, 5) is 0. The minimum Gasteiger partial charge on any atom is -0.504 e. The van der Waals surface area contributed by atoms with Crippen molar-refractivity contribution in [2.75, 3.05) is 0 Å². The van der Waals surface area contributed by atoms with Gasteiger partial charge in [-0.25, -0.2) is 0 Å². The van der Waals surface area contributed by atoms with E-state index < -0.39 is 5.60 Å². The van der Waals surface area contributed by atoms with Gasteiger partial charge in [0.05, 0.1) is 5.60 Å². The van der Waals surface area contributed by atoms with Gasteiger partial charge in [-0.1, -0.05) is 15.9 Å². The smallest absolute Gasteiger partial charge is 0.164 e. The molecule has 72 valence electrons. The highest BCUT2D eigenvalue weighted by molar-refractivity contribution is 9.10. The third-order valence-corrected chi connectivity index (χ3v) is 2.38. The van der Waals surface area contributed by atoms with E-state index in [-0.39, 0.29) is 17.1 Å². The number of aromatic hydroxyl groups is 2. The summed E-state index contributed by atoms with van der Waals surface area (Å²) >= 11 is 3.19. The SMILES string of the molecule is CC(C)(O)c1c(Br)ccc(O)c1O. The van der Waals surface area contributed by atoms with Gasteiger partial charge in [-0.05, 0) is 26.0 Å². The van der Waals surface area contributed by atoms with Crippen molar-refractivity contribution in [1.82, 2.24) is 0 Å². The fourth-order valence-electron chi connectivity index (χ4n) is 1.14. The van der Waals surface area contributed by atoms with E-state index in [1.165, 1.54) is 19.9 Å². The summed E-state index contributed by atoms with van der Waals surface area (Å²) in [6, 6.07) is 2.93. The molecule has 0 spiro atoms. The Labute approximate surface area is 84.8 Å². The van der Waals surface area contributed by atoms with E-state index in [0.29, 0.717) is 4.47 Å². The highest BCUT2D eigenvalue weighted by Gasteiger charge is 2.25. The van der Waals surface area contributed by atoms with Crippen molar-refractivity contribution in [3.63, 3.8) is 0 Å². The molecule has 3 nitrogen and oxygen atoms in total. The Morgan fingerprint density at radius 3 is 2.15 bits per heavy atom. The van der Waals surface area contributed by atoms with Gasteiger partial charge in [-0.2, -0.15) is 0 Å². The van der Waals surface area contributed by atoms with E-state index in [2.05, 4.69) is 15.9 Å². The van der Waals surface area contributed by atoms with E-state index in [9.17, 15) is 15.3 Å². The lowest BCUT2D eigenvalue weighted by Crippen LogP contribution is -2.16. The van der Waals surface area contributed by atoms with Gasteiger partial charge in [0.1, 0.15) is 0 Å². The fraction of sp³-hybridized carbons (Fsp3) is 0.333. The maximum absolute atomic E-state index is 9.67. The third kappa shape index (κ3) is 1.95. The van der Waals surface area contributed by atoms with Crippen LogP contribution in [0.15, 0.2) is 16.6 Å². The van der Waals surface area contributed by atoms with Crippen molar-refractivity contribution in [1.29, 1.82) is 0 Å². The predicted octanol–water partition coefficient (Wildman–Crippen LogP) is 2.09. The average molecular weight is 247 g/mol. The number of rotatable bonds is 1. The van der Waals surface area contributed by atoms with E-state index in [1.807, 2.05) is 0 Å². The number of hydrogen-bond donors (Lipinski definition) is 3. The van der Waals surface area contributed by atoms with Gasteiger partial charge in [0, 0.05) is 10.0 Å². The highest BCUT2D eigenvalue weighted by Crippen LogP contribution is 2.40. The fourth-order valence-corrected chi connectivity index (χ4v) is 1.94. The Hall–Kier alpha value is -0.740. The lowest BCUT2D eigenvalue weighted by molar-refractivity contribution is 0.0745. The van der Waals surface area contributed by atoms with Crippen LogP contribution in [-0.4, -0.2) is 15.3 Å². The maximum atomic E-state index is 9.67. The number of hydrogen-bond acceptors (Lipinski definition) is 3. The largest absolute Gasteiger partial charge is 0.504 e. The summed E-state index contributed by atoms with van der Waals surface area (Å²) in [5, 5.41) is 28.4. The topological polar surface area (TPSA) is 60.7 Å². The van der Waals surface area contributed by atoms with Gasteiger partial charge >= 0.3 is 0 Å². The molecular formula is C9H11BrO3. The molecule has 1 rings (SSSR count). The van der Waals surface area contributed by atoms with E-state index in [1.54, 1.807) is 6.07 Å². The first kappa shape index (κ1) is 10.3. The van der Waals surface area contributed by atoms with Gasteiger partial charge < -0.3 is 15.3 Å². The third-order valence-electron chi connectivity index (χ3n) is 1.72. The summed E-state index contributed by atoms with van der Waals surface area (Å²) < 4.78 is 0.565. The summed E-state index contributed by atoms with van der Waals surface area (Å²) in [5.74, 6) is -0.526. The quantitative estimate of drug-likeness (QED) is 0.666. The molecule has 1 aromatic rings.